The van der Waals surface area contributed by atoms with Gasteiger partial charge in [-0.25, -0.2) is 0 Å². The Bertz CT molecular complexity index is 1390. The fourth-order valence-corrected chi connectivity index (χ4v) is 4.03. The molecule has 0 saturated heterocycles. The Labute approximate surface area is 196 Å². The highest BCUT2D eigenvalue weighted by Gasteiger charge is 2.36. The molecule has 2 aliphatic heterocycles. The van der Waals surface area contributed by atoms with Gasteiger partial charge in [0, 0.05) is 17.7 Å². The van der Waals surface area contributed by atoms with Gasteiger partial charge in [0.25, 0.3) is 11.6 Å². The molecule has 0 radical (unpaired) electrons. The quantitative estimate of drug-likeness (QED) is 0.315. The summed E-state index contributed by atoms with van der Waals surface area (Å²) in [7, 11) is 0. The largest absolute Gasteiger partial charge is 0.487 e. The number of fused-ring (bicyclic) bond motifs is 1. The van der Waals surface area contributed by atoms with E-state index in [0.717, 1.165) is 0 Å². The molecule has 1 N–H and O–H groups in total. The van der Waals surface area contributed by atoms with Gasteiger partial charge in [0.05, 0.1) is 10.5 Å². The standard InChI is InChI=1S/C23H15N5O5S/c24-21-18(12-17-10-11-19(33-17)14-6-8-15(9-7-14)28(30)31)22(29)25-23-27(21)26-20(34-23)13-32-16-4-2-1-3-5-16/h1-12,24H,13H2/b18-12-,24-21?. The van der Waals surface area contributed by atoms with Crippen LogP contribution in [0, 0.1) is 15.5 Å². The zero-order valence-corrected chi connectivity index (χ0v) is 18.2. The molecule has 10 nitrogen and oxygen atoms in total. The number of nitro groups is 1. The summed E-state index contributed by atoms with van der Waals surface area (Å²) in [6.07, 6.45) is 1.43. The van der Waals surface area contributed by atoms with Crippen molar-refractivity contribution in [1.29, 1.82) is 5.41 Å². The number of hydrogen-bond donors (Lipinski definition) is 1. The number of aliphatic imine (C=N–C) groups is 1. The van der Waals surface area contributed by atoms with Crippen molar-refractivity contribution in [3.63, 3.8) is 0 Å². The molecule has 5 rings (SSSR count). The monoisotopic (exact) mass is 473 g/mol. The number of nitrogens with one attached hydrogen (secondary N) is 1. The van der Waals surface area contributed by atoms with Crippen LogP contribution in [0.3, 0.4) is 0 Å². The lowest BCUT2D eigenvalue weighted by Crippen LogP contribution is -2.35. The molecule has 0 spiro atoms. The fraction of sp³-hybridized carbons (Fsp3) is 0.0435. The minimum Gasteiger partial charge on any atom is -0.487 e. The molecule has 0 atom stereocenters. The predicted octanol–water partition coefficient (Wildman–Crippen LogP) is 4.55. The Morgan fingerprint density at radius 1 is 1.12 bits per heavy atom. The van der Waals surface area contributed by atoms with Crippen LogP contribution in [-0.2, 0) is 4.79 Å². The van der Waals surface area contributed by atoms with Gasteiger partial charge in [-0.3, -0.25) is 20.3 Å². The number of furan rings is 1. The number of thioether (sulfide) groups is 1. The van der Waals surface area contributed by atoms with Crippen molar-refractivity contribution in [2.45, 2.75) is 0 Å². The first-order valence-electron chi connectivity index (χ1n) is 9.99. The average Bonchev–Trinajstić information content (AvgIpc) is 3.48. The van der Waals surface area contributed by atoms with Gasteiger partial charge in [-0.1, -0.05) is 18.2 Å². The van der Waals surface area contributed by atoms with E-state index in [2.05, 4.69) is 10.1 Å². The molecule has 0 bridgehead atoms. The number of amides is 1. The Hall–Kier alpha value is -4.51. The number of amidine groups is 2. The first-order valence-corrected chi connectivity index (χ1v) is 10.8. The van der Waals surface area contributed by atoms with Crippen LogP contribution in [-0.4, -0.2) is 38.5 Å². The molecular formula is C23H15N5O5S. The van der Waals surface area contributed by atoms with Gasteiger partial charge in [0.1, 0.15) is 28.9 Å². The second-order valence-corrected chi connectivity index (χ2v) is 8.16. The lowest BCUT2D eigenvalue weighted by molar-refractivity contribution is -0.384. The van der Waals surface area contributed by atoms with Crippen LogP contribution in [0.1, 0.15) is 5.76 Å². The number of carbonyl (C=O) groups excluding carboxylic acids is 1. The normalized spacial score (nSPS) is 16.4. The van der Waals surface area contributed by atoms with Gasteiger partial charge in [-0.05, 0) is 54.2 Å². The van der Waals surface area contributed by atoms with Crippen LogP contribution in [0.25, 0.3) is 17.4 Å². The molecule has 3 heterocycles. The van der Waals surface area contributed by atoms with Crippen LogP contribution in [0.4, 0.5) is 5.69 Å². The SMILES string of the molecule is N=C1/C(=C/c2ccc(-c3ccc([N+](=O)[O-])cc3)o2)C(=O)N=C2SC(COc3ccccc3)=NN12. The fourth-order valence-electron chi connectivity index (χ4n) is 3.23. The molecule has 0 saturated carbocycles. The summed E-state index contributed by atoms with van der Waals surface area (Å²) in [5.74, 6) is 0.799. The minimum atomic E-state index is -0.572. The molecule has 0 fully saturated rings. The van der Waals surface area contributed by atoms with Crippen LogP contribution < -0.4 is 4.74 Å². The summed E-state index contributed by atoms with van der Waals surface area (Å²) in [4.78, 5) is 27.0. The Balaban J connectivity index is 1.33. The summed E-state index contributed by atoms with van der Waals surface area (Å²) >= 11 is 1.17. The topological polar surface area (TPSA) is 134 Å². The lowest BCUT2D eigenvalue weighted by atomic mass is 10.1. The second-order valence-electron chi connectivity index (χ2n) is 7.12. The molecular weight excluding hydrogens is 458 g/mol. The zero-order valence-electron chi connectivity index (χ0n) is 17.4. The molecule has 168 valence electrons. The number of benzene rings is 2. The summed E-state index contributed by atoms with van der Waals surface area (Å²) < 4.78 is 11.5. The van der Waals surface area contributed by atoms with Gasteiger partial charge in [-0.15, -0.1) is 0 Å². The maximum absolute atomic E-state index is 12.6. The summed E-state index contributed by atoms with van der Waals surface area (Å²) in [6.45, 7) is 0.182. The number of hydrogen-bond acceptors (Lipinski definition) is 8. The van der Waals surface area contributed by atoms with Gasteiger partial charge >= 0.3 is 0 Å². The first kappa shape index (κ1) is 21.3. The number of ether oxygens (including phenoxy) is 1. The van der Waals surface area contributed by atoms with E-state index in [1.165, 1.54) is 35.0 Å². The number of non-ortho nitro benzene ring substituents is 1. The highest BCUT2D eigenvalue weighted by atomic mass is 32.2. The van der Waals surface area contributed by atoms with Crippen molar-refractivity contribution < 1.29 is 18.9 Å². The summed E-state index contributed by atoms with van der Waals surface area (Å²) in [5, 5.41) is 25.8. The van der Waals surface area contributed by atoms with E-state index in [-0.39, 0.29) is 23.7 Å². The van der Waals surface area contributed by atoms with Crippen molar-refractivity contribution in [3.8, 4) is 17.1 Å². The maximum atomic E-state index is 12.6. The molecule has 2 aliphatic rings. The predicted molar refractivity (Wildman–Crippen MR) is 128 cm³/mol. The number of hydrazone groups is 1. The third kappa shape index (κ3) is 4.24. The summed E-state index contributed by atoms with van der Waals surface area (Å²) in [5.41, 5.74) is 0.650. The van der Waals surface area contributed by atoms with E-state index < -0.39 is 10.8 Å². The van der Waals surface area contributed by atoms with Crippen molar-refractivity contribution in [2.75, 3.05) is 6.61 Å². The summed E-state index contributed by atoms with van der Waals surface area (Å²) in [6, 6.07) is 18.5. The minimum absolute atomic E-state index is 0.0230. The van der Waals surface area contributed by atoms with Crippen LogP contribution in [0.5, 0.6) is 5.75 Å². The van der Waals surface area contributed by atoms with Crippen LogP contribution in [0.15, 0.2) is 86.8 Å². The lowest BCUT2D eigenvalue weighted by Gasteiger charge is -2.19. The number of carbonyl (C=O) groups is 1. The van der Waals surface area contributed by atoms with Crippen molar-refractivity contribution in [3.05, 3.63) is 88.2 Å². The molecule has 1 amide bonds. The molecule has 34 heavy (non-hydrogen) atoms. The number of nitro benzene ring substituents is 1. The highest BCUT2D eigenvalue weighted by Crippen LogP contribution is 2.30. The van der Waals surface area contributed by atoms with E-state index in [9.17, 15) is 14.9 Å². The highest BCUT2D eigenvalue weighted by molar-refractivity contribution is 8.27. The Kier molecular flexibility index (Phi) is 5.52. The molecule has 1 aromatic heterocycles. The number of rotatable bonds is 6. The van der Waals surface area contributed by atoms with E-state index in [1.54, 1.807) is 24.3 Å². The third-order valence-electron chi connectivity index (χ3n) is 4.88. The maximum Gasteiger partial charge on any atom is 0.283 e. The molecule has 3 aromatic rings. The van der Waals surface area contributed by atoms with Crippen LogP contribution >= 0.6 is 11.8 Å². The second kappa shape index (κ2) is 8.79. The third-order valence-corrected chi connectivity index (χ3v) is 5.76. The van der Waals surface area contributed by atoms with E-state index >= 15 is 0 Å². The Morgan fingerprint density at radius 3 is 2.62 bits per heavy atom. The van der Waals surface area contributed by atoms with Crippen molar-refractivity contribution in [1.82, 2.24) is 5.01 Å². The zero-order chi connectivity index (χ0) is 23.7. The van der Waals surface area contributed by atoms with Gasteiger partial charge in [0.2, 0.25) is 5.17 Å². The first-order chi connectivity index (χ1) is 16.5. The van der Waals surface area contributed by atoms with Crippen molar-refractivity contribution in [2.24, 2.45) is 10.1 Å². The molecule has 0 aliphatic carbocycles. The van der Waals surface area contributed by atoms with E-state index in [4.69, 9.17) is 14.6 Å². The van der Waals surface area contributed by atoms with E-state index in [0.29, 0.717) is 33.0 Å². The number of nitrogens with zero attached hydrogens (tertiary/aromatic N) is 4. The van der Waals surface area contributed by atoms with Gasteiger partial charge < -0.3 is 9.15 Å². The van der Waals surface area contributed by atoms with Crippen molar-refractivity contribution >= 4 is 45.5 Å². The Morgan fingerprint density at radius 2 is 1.88 bits per heavy atom. The van der Waals surface area contributed by atoms with Gasteiger partial charge in [-0.2, -0.15) is 15.1 Å². The molecule has 2 aromatic carbocycles. The van der Waals surface area contributed by atoms with Crippen LogP contribution in [0.2, 0.25) is 0 Å². The van der Waals surface area contributed by atoms with E-state index in [1.807, 2.05) is 30.3 Å². The molecule has 0 unspecified atom stereocenters. The smallest absolute Gasteiger partial charge is 0.283 e. The van der Waals surface area contributed by atoms with Gasteiger partial charge in [0.15, 0.2) is 5.84 Å². The average molecular weight is 473 g/mol. The molecule has 11 heteroatoms. The number of para-hydroxylation sites is 1.